The fourth-order valence-electron chi connectivity index (χ4n) is 3.23. The second-order valence-corrected chi connectivity index (χ2v) is 6.70. The predicted molar refractivity (Wildman–Crippen MR) is 82.1 cm³/mol. The molecule has 0 bridgehead atoms. The smallest absolute Gasteiger partial charge is 0.185 e. The molecular formula is C14H24N4OS. The minimum atomic E-state index is 0.555. The standard InChI is InChI=1S/C14H24N4OS/c1-19-10-12-13(8-15)20-14(16-12)18-7-4-11(9-18)17-5-2-3-6-17/h11H,2-10,15H2,1H3. The molecule has 2 fully saturated rings. The average Bonchev–Trinajstić information content (AvgIpc) is 3.18. The SMILES string of the molecule is COCc1nc(N2CCC(N3CCCC3)C2)sc1CN. The lowest BCUT2D eigenvalue weighted by Crippen LogP contribution is -2.35. The number of ether oxygens (including phenoxy) is 1. The normalized spacial score (nSPS) is 23.9. The zero-order valence-corrected chi connectivity index (χ0v) is 13.0. The van der Waals surface area contributed by atoms with E-state index in [0.29, 0.717) is 19.2 Å². The second-order valence-electron chi connectivity index (χ2n) is 5.64. The maximum absolute atomic E-state index is 5.81. The lowest BCUT2D eigenvalue weighted by atomic mass is 10.2. The Morgan fingerprint density at radius 2 is 2.15 bits per heavy atom. The topological polar surface area (TPSA) is 54.6 Å². The van der Waals surface area contributed by atoms with Crippen LogP contribution in [0, 0.1) is 0 Å². The molecule has 6 heteroatoms. The van der Waals surface area contributed by atoms with Crippen molar-refractivity contribution in [3.63, 3.8) is 0 Å². The summed E-state index contributed by atoms with van der Waals surface area (Å²) in [6.07, 6.45) is 3.99. The lowest BCUT2D eigenvalue weighted by Gasteiger charge is -2.23. The summed E-state index contributed by atoms with van der Waals surface area (Å²) in [5, 5.41) is 1.12. The number of methoxy groups -OCH3 is 1. The molecule has 2 saturated heterocycles. The van der Waals surface area contributed by atoms with E-state index in [-0.39, 0.29) is 0 Å². The van der Waals surface area contributed by atoms with Gasteiger partial charge in [0.25, 0.3) is 0 Å². The fourth-order valence-corrected chi connectivity index (χ4v) is 4.21. The molecule has 2 aliphatic heterocycles. The molecular weight excluding hydrogens is 272 g/mol. The number of aromatic nitrogens is 1. The Balaban J connectivity index is 1.67. The molecule has 3 rings (SSSR count). The van der Waals surface area contributed by atoms with Crippen molar-refractivity contribution in [2.75, 3.05) is 38.2 Å². The van der Waals surface area contributed by atoms with E-state index in [0.717, 1.165) is 28.8 Å². The number of hydrogen-bond acceptors (Lipinski definition) is 6. The van der Waals surface area contributed by atoms with Gasteiger partial charge in [0.2, 0.25) is 0 Å². The third-order valence-electron chi connectivity index (χ3n) is 4.32. The van der Waals surface area contributed by atoms with Crippen LogP contribution in [0.2, 0.25) is 0 Å². The second kappa shape index (κ2) is 6.39. The van der Waals surface area contributed by atoms with E-state index in [4.69, 9.17) is 15.5 Å². The summed E-state index contributed by atoms with van der Waals surface area (Å²) in [5.74, 6) is 0. The zero-order valence-electron chi connectivity index (χ0n) is 12.2. The van der Waals surface area contributed by atoms with E-state index >= 15 is 0 Å². The van der Waals surface area contributed by atoms with Crippen molar-refractivity contribution < 1.29 is 4.74 Å². The van der Waals surface area contributed by atoms with Gasteiger partial charge in [-0.3, -0.25) is 4.90 Å². The van der Waals surface area contributed by atoms with Crippen molar-refractivity contribution in [3.05, 3.63) is 10.6 Å². The minimum Gasteiger partial charge on any atom is -0.378 e. The highest BCUT2D eigenvalue weighted by Gasteiger charge is 2.30. The molecule has 5 nitrogen and oxygen atoms in total. The van der Waals surface area contributed by atoms with Gasteiger partial charge in [0.1, 0.15) is 0 Å². The molecule has 2 aliphatic rings. The maximum atomic E-state index is 5.81. The molecule has 0 aliphatic carbocycles. The van der Waals surface area contributed by atoms with Crippen molar-refractivity contribution in [3.8, 4) is 0 Å². The largest absolute Gasteiger partial charge is 0.378 e. The van der Waals surface area contributed by atoms with Crippen LogP contribution in [0.5, 0.6) is 0 Å². The number of nitrogens with two attached hydrogens (primary N) is 1. The van der Waals surface area contributed by atoms with Crippen molar-refractivity contribution in [1.82, 2.24) is 9.88 Å². The van der Waals surface area contributed by atoms with Gasteiger partial charge in [-0.15, -0.1) is 11.3 Å². The van der Waals surface area contributed by atoms with Crippen LogP contribution in [0.15, 0.2) is 0 Å². The average molecular weight is 296 g/mol. The Morgan fingerprint density at radius 1 is 1.35 bits per heavy atom. The summed E-state index contributed by atoms with van der Waals surface area (Å²) in [6.45, 7) is 5.90. The number of hydrogen-bond donors (Lipinski definition) is 1. The third-order valence-corrected chi connectivity index (χ3v) is 5.51. The number of likely N-dealkylation sites (tertiary alicyclic amines) is 1. The fraction of sp³-hybridized carbons (Fsp3) is 0.786. The van der Waals surface area contributed by atoms with Gasteiger partial charge in [0, 0.05) is 37.7 Å². The highest BCUT2D eigenvalue weighted by atomic mass is 32.1. The van der Waals surface area contributed by atoms with Gasteiger partial charge in [-0.05, 0) is 32.4 Å². The van der Waals surface area contributed by atoms with Crippen LogP contribution in [0.1, 0.15) is 29.8 Å². The Bertz CT molecular complexity index is 444. The van der Waals surface area contributed by atoms with Crippen molar-refractivity contribution in [1.29, 1.82) is 0 Å². The Hall–Kier alpha value is -0.690. The molecule has 3 heterocycles. The van der Waals surface area contributed by atoms with E-state index in [9.17, 15) is 0 Å². The van der Waals surface area contributed by atoms with Crippen molar-refractivity contribution in [2.45, 2.75) is 38.5 Å². The predicted octanol–water partition coefficient (Wildman–Crippen LogP) is 1.42. The number of thiazole rings is 1. The number of anilines is 1. The molecule has 1 unspecified atom stereocenters. The van der Waals surface area contributed by atoms with Gasteiger partial charge in [0.05, 0.1) is 12.3 Å². The molecule has 2 N–H and O–H groups in total. The molecule has 20 heavy (non-hydrogen) atoms. The van der Waals surface area contributed by atoms with Gasteiger partial charge in [0.15, 0.2) is 5.13 Å². The van der Waals surface area contributed by atoms with Crippen LogP contribution in [0.3, 0.4) is 0 Å². The third kappa shape index (κ3) is 2.83. The Kier molecular flexibility index (Phi) is 4.55. The van der Waals surface area contributed by atoms with Gasteiger partial charge in [-0.2, -0.15) is 0 Å². The van der Waals surface area contributed by atoms with E-state index < -0.39 is 0 Å². The van der Waals surface area contributed by atoms with Gasteiger partial charge in [-0.1, -0.05) is 0 Å². The van der Waals surface area contributed by atoms with Crippen molar-refractivity contribution >= 4 is 16.5 Å². The molecule has 0 saturated carbocycles. The summed E-state index contributed by atoms with van der Waals surface area (Å²) in [5.41, 5.74) is 6.82. The van der Waals surface area contributed by atoms with Gasteiger partial charge >= 0.3 is 0 Å². The monoisotopic (exact) mass is 296 g/mol. The quantitative estimate of drug-likeness (QED) is 0.890. The first kappa shape index (κ1) is 14.3. The van der Waals surface area contributed by atoms with Crippen LogP contribution in [-0.2, 0) is 17.9 Å². The minimum absolute atomic E-state index is 0.555. The molecule has 112 valence electrons. The summed E-state index contributed by atoms with van der Waals surface area (Å²) >= 11 is 1.73. The van der Waals surface area contributed by atoms with Gasteiger partial charge in [-0.25, -0.2) is 4.98 Å². The van der Waals surface area contributed by atoms with Crippen LogP contribution in [0.25, 0.3) is 0 Å². The molecule has 1 atom stereocenters. The summed E-state index contributed by atoms with van der Waals surface area (Å²) in [4.78, 5) is 11.0. The van der Waals surface area contributed by atoms with Crippen LogP contribution >= 0.6 is 11.3 Å². The van der Waals surface area contributed by atoms with Gasteiger partial charge < -0.3 is 15.4 Å². The number of nitrogens with zero attached hydrogens (tertiary/aromatic N) is 3. The van der Waals surface area contributed by atoms with E-state index in [1.165, 1.54) is 32.4 Å². The molecule has 0 radical (unpaired) electrons. The van der Waals surface area contributed by atoms with Crippen LogP contribution in [0.4, 0.5) is 5.13 Å². The van der Waals surface area contributed by atoms with Crippen LogP contribution in [-0.4, -0.2) is 49.2 Å². The maximum Gasteiger partial charge on any atom is 0.185 e. The van der Waals surface area contributed by atoms with Crippen molar-refractivity contribution in [2.24, 2.45) is 5.73 Å². The first-order valence-electron chi connectivity index (χ1n) is 7.48. The van der Waals surface area contributed by atoms with Crippen LogP contribution < -0.4 is 10.6 Å². The highest BCUT2D eigenvalue weighted by Crippen LogP contribution is 2.31. The number of rotatable bonds is 5. The first-order chi connectivity index (χ1) is 9.81. The molecule has 1 aromatic rings. The Labute approximate surface area is 124 Å². The summed E-state index contributed by atoms with van der Waals surface area (Å²) in [6, 6.07) is 0.716. The molecule has 0 spiro atoms. The van der Waals surface area contributed by atoms with E-state index in [1.807, 2.05) is 0 Å². The zero-order chi connectivity index (χ0) is 13.9. The molecule has 1 aromatic heterocycles. The summed E-state index contributed by atoms with van der Waals surface area (Å²) < 4.78 is 5.21. The molecule has 0 aromatic carbocycles. The van der Waals surface area contributed by atoms with E-state index in [2.05, 4.69) is 9.80 Å². The Morgan fingerprint density at radius 3 is 2.85 bits per heavy atom. The van der Waals surface area contributed by atoms with E-state index in [1.54, 1.807) is 18.4 Å². The first-order valence-corrected chi connectivity index (χ1v) is 8.30. The molecule has 0 amide bonds. The lowest BCUT2D eigenvalue weighted by molar-refractivity contribution is 0.181. The summed E-state index contributed by atoms with van der Waals surface area (Å²) in [7, 11) is 1.71. The highest BCUT2D eigenvalue weighted by molar-refractivity contribution is 7.15.